The highest BCUT2D eigenvalue weighted by molar-refractivity contribution is 6.31. The van der Waals surface area contributed by atoms with Crippen molar-refractivity contribution in [3.63, 3.8) is 0 Å². The summed E-state index contributed by atoms with van der Waals surface area (Å²) in [6.45, 7) is 4.12. The van der Waals surface area contributed by atoms with Crippen molar-refractivity contribution in [2.45, 2.75) is 13.0 Å². The van der Waals surface area contributed by atoms with Crippen molar-refractivity contribution in [1.29, 1.82) is 0 Å². The van der Waals surface area contributed by atoms with Gasteiger partial charge in [0, 0.05) is 36.3 Å². The molecule has 1 fully saturated rings. The molecule has 18 heavy (non-hydrogen) atoms. The molecule has 1 N–H and O–H groups in total. The monoisotopic (exact) mass is 292 g/mol. The molecule has 1 amide bonds. The van der Waals surface area contributed by atoms with Crippen LogP contribution in [0.3, 0.4) is 0 Å². The standard InChI is InChI=1S/C12H14ClFN2O.ClH/c1-8-7-15-2-3-16(8)12(17)9-4-10(13)6-11(14)5-9;/h4-6,8,15H,2-3,7H2,1H3;1H/t8-;/m1./s1. The Morgan fingerprint density at radius 2 is 2.22 bits per heavy atom. The molecule has 1 aromatic rings. The van der Waals surface area contributed by atoms with Crippen LogP contribution in [0, 0.1) is 5.82 Å². The highest BCUT2D eigenvalue weighted by atomic mass is 35.5. The summed E-state index contributed by atoms with van der Waals surface area (Å²) in [5, 5.41) is 3.45. The fourth-order valence-corrected chi connectivity index (χ4v) is 2.21. The summed E-state index contributed by atoms with van der Waals surface area (Å²) in [4.78, 5) is 13.9. The maximum absolute atomic E-state index is 13.2. The number of hydrogen-bond donors (Lipinski definition) is 1. The topological polar surface area (TPSA) is 32.3 Å². The first-order valence-corrected chi connectivity index (χ1v) is 5.93. The fraction of sp³-hybridized carbons (Fsp3) is 0.417. The number of amides is 1. The second-order valence-electron chi connectivity index (χ2n) is 4.21. The Kier molecular flexibility index (Phi) is 5.38. The Hall–Kier alpha value is -0.840. The maximum Gasteiger partial charge on any atom is 0.254 e. The van der Waals surface area contributed by atoms with Gasteiger partial charge in [-0.25, -0.2) is 4.39 Å². The van der Waals surface area contributed by atoms with Crippen molar-refractivity contribution in [3.8, 4) is 0 Å². The Balaban J connectivity index is 0.00000162. The lowest BCUT2D eigenvalue weighted by Gasteiger charge is -2.34. The third kappa shape index (κ3) is 3.34. The zero-order valence-electron chi connectivity index (χ0n) is 9.95. The molecule has 1 atom stereocenters. The van der Waals surface area contributed by atoms with Gasteiger partial charge in [-0.3, -0.25) is 4.79 Å². The minimum atomic E-state index is -0.483. The van der Waals surface area contributed by atoms with Gasteiger partial charge in [0.1, 0.15) is 5.82 Å². The maximum atomic E-state index is 13.2. The van der Waals surface area contributed by atoms with E-state index in [-0.39, 0.29) is 29.4 Å². The van der Waals surface area contributed by atoms with E-state index in [0.29, 0.717) is 12.1 Å². The highest BCUT2D eigenvalue weighted by Gasteiger charge is 2.24. The molecule has 0 saturated carbocycles. The number of carbonyl (C=O) groups excluding carboxylic acids is 1. The van der Waals surface area contributed by atoms with Crippen molar-refractivity contribution in [3.05, 3.63) is 34.6 Å². The van der Waals surface area contributed by atoms with Gasteiger partial charge in [-0.2, -0.15) is 0 Å². The van der Waals surface area contributed by atoms with Crippen molar-refractivity contribution < 1.29 is 9.18 Å². The first-order chi connectivity index (χ1) is 8.08. The van der Waals surface area contributed by atoms with E-state index < -0.39 is 5.82 Å². The number of piperazine rings is 1. The lowest BCUT2D eigenvalue weighted by atomic mass is 10.1. The first-order valence-electron chi connectivity index (χ1n) is 5.55. The molecule has 1 aliphatic rings. The van der Waals surface area contributed by atoms with Crippen LogP contribution in [-0.4, -0.2) is 36.5 Å². The number of rotatable bonds is 1. The van der Waals surface area contributed by atoms with Crippen LogP contribution in [0.25, 0.3) is 0 Å². The van der Waals surface area contributed by atoms with Crippen molar-refractivity contribution in [1.82, 2.24) is 10.2 Å². The number of benzene rings is 1. The molecule has 1 aliphatic heterocycles. The summed E-state index contributed by atoms with van der Waals surface area (Å²) in [6, 6.07) is 4.03. The number of hydrogen-bond acceptors (Lipinski definition) is 2. The summed E-state index contributed by atoms with van der Waals surface area (Å²) in [7, 11) is 0. The Morgan fingerprint density at radius 3 is 2.83 bits per heavy atom. The molecule has 6 heteroatoms. The summed E-state index contributed by atoms with van der Waals surface area (Å²) < 4.78 is 13.2. The van der Waals surface area contributed by atoms with Crippen LogP contribution in [0.4, 0.5) is 4.39 Å². The van der Waals surface area contributed by atoms with Crippen LogP contribution in [0.15, 0.2) is 18.2 Å². The summed E-state index contributed by atoms with van der Waals surface area (Å²) in [5.41, 5.74) is 0.309. The van der Waals surface area contributed by atoms with E-state index in [4.69, 9.17) is 11.6 Å². The van der Waals surface area contributed by atoms with Crippen LogP contribution < -0.4 is 5.32 Å². The predicted octanol–water partition coefficient (Wildman–Crippen LogP) is 2.33. The van der Waals surface area contributed by atoms with Gasteiger partial charge in [0.2, 0.25) is 0 Å². The second kappa shape index (κ2) is 6.36. The second-order valence-corrected chi connectivity index (χ2v) is 4.65. The van der Waals surface area contributed by atoms with Crippen LogP contribution in [0.2, 0.25) is 5.02 Å². The lowest BCUT2D eigenvalue weighted by molar-refractivity contribution is 0.0655. The number of halogens is 3. The Morgan fingerprint density at radius 1 is 1.50 bits per heavy atom. The Labute approximate surface area is 117 Å². The molecule has 1 aromatic carbocycles. The summed E-state index contributed by atoms with van der Waals surface area (Å²) in [6.07, 6.45) is 0. The zero-order chi connectivity index (χ0) is 12.4. The van der Waals surface area contributed by atoms with Crippen LogP contribution in [0.1, 0.15) is 17.3 Å². The molecule has 0 aromatic heterocycles. The average Bonchev–Trinajstić information content (AvgIpc) is 2.27. The molecule has 1 heterocycles. The van der Waals surface area contributed by atoms with Gasteiger partial charge in [-0.1, -0.05) is 11.6 Å². The molecule has 1 saturated heterocycles. The van der Waals surface area contributed by atoms with E-state index in [1.165, 1.54) is 18.2 Å². The van der Waals surface area contributed by atoms with Crippen molar-refractivity contribution >= 4 is 29.9 Å². The van der Waals surface area contributed by atoms with Crippen LogP contribution in [-0.2, 0) is 0 Å². The van der Waals surface area contributed by atoms with E-state index >= 15 is 0 Å². The molecule has 0 aliphatic carbocycles. The summed E-state index contributed by atoms with van der Waals surface area (Å²) >= 11 is 5.75. The van der Waals surface area contributed by atoms with Gasteiger partial charge >= 0.3 is 0 Å². The quantitative estimate of drug-likeness (QED) is 0.862. The van der Waals surface area contributed by atoms with Gasteiger partial charge in [0.25, 0.3) is 5.91 Å². The zero-order valence-corrected chi connectivity index (χ0v) is 11.5. The van der Waals surface area contributed by atoms with Gasteiger partial charge in [0.05, 0.1) is 0 Å². The molecular weight excluding hydrogens is 278 g/mol. The molecule has 100 valence electrons. The lowest BCUT2D eigenvalue weighted by Crippen LogP contribution is -2.52. The number of carbonyl (C=O) groups is 1. The minimum absolute atomic E-state index is 0. The number of nitrogens with one attached hydrogen (secondary N) is 1. The molecule has 0 spiro atoms. The van der Waals surface area contributed by atoms with Gasteiger partial charge in [-0.15, -0.1) is 12.4 Å². The average molecular weight is 293 g/mol. The van der Waals surface area contributed by atoms with E-state index in [9.17, 15) is 9.18 Å². The molecule has 0 unspecified atom stereocenters. The van der Waals surface area contributed by atoms with E-state index in [0.717, 1.165) is 13.1 Å². The third-order valence-electron chi connectivity index (χ3n) is 2.87. The van der Waals surface area contributed by atoms with Gasteiger partial charge in [-0.05, 0) is 25.1 Å². The first kappa shape index (κ1) is 15.2. The summed E-state index contributed by atoms with van der Waals surface area (Å²) in [5.74, 6) is -0.649. The van der Waals surface area contributed by atoms with E-state index in [2.05, 4.69) is 5.32 Å². The molecule has 0 radical (unpaired) electrons. The van der Waals surface area contributed by atoms with E-state index in [1.807, 2.05) is 6.92 Å². The molecular formula is C12H15Cl2FN2O. The number of nitrogens with zero attached hydrogens (tertiary/aromatic N) is 1. The van der Waals surface area contributed by atoms with Gasteiger partial charge in [0.15, 0.2) is 0 Å². The minimum Gasteiger partial charge on any atom is -0.333 e. The predicted molar refractivity (Wildman–Crippen MR) is 72.0 cm³/mol. The van der Waals surface area contributed by atoms with Gasteiger partial charge < -0.3 is 10.2 Å². The van der Waals surface area contributed by atoms with E-state index in [1.54, 1.807) is 4.90 Å². The van der Waals surface area contributed by atoms with Crippen LogP contribution in [0.5, 0.6) is 0 Å². The third-order valence-corrected chi connectivity index (χ3v) is 3.09. The Bertz CT molecular complexity index is 422. The largest absolute Gasteiger partial charge is 0.333 e. The smallest absolute Gasteiger partial charge is 0.254 e. The molecule has 2 rings (SSSR count). The highest BCUT2D eigenvalue weighted by Crippen LogP contribution is 2.17. The molecule has 3 nitrogen and oxygen atoms in total. The SMILES string of the molecule is C[C@@H]1CNCCN1C(=O)c1cc(F)cc(Cl)c1.Cl. The fourth-order valence-electron chi connectivity index (χ4n) is 1.99. The van der Waals surface area contributed by atoms with Crippen molar-refractivity contribution in [2.24, 2.45) is 0 Å². The van der Waals surface area contributed by atoms with Crippen molar-refractivity contribution in [2.75, 3.05) is 19.6 Å². The molecule has 0 bridgehead atoms. The van der Waals surface area contributed by atoms with Crippen LogP contribution >= 0.6 is 24.0 Å². The normalized spacial score (nSPS) is 19.3.